The molecule has 0 spiro atoms. The number of carbonyl (C=O) groups is 2. The zero-order chi connectivity index (χ0) is 15.4. The van der Waals surface area contributed by atoms with Gasteiger partial charge in [-0.2, -0.15) is 0 Å². The first-order valence-corrected chi connectivity index (χ1v) is 7.39. The molecule has 1 aliphatic rings. The quantitative estimate of drug-likeness (QED) is 0.898. The van der Waals surface area contributed by atoms with Crippen LogP contribution in [0.25, 0.3) is 0 Å². The number of carbonyl (C=O) groups excluding carboxylic acids is 2. The van der Waals surface area contributed by atoms with E-state index in [1.807, 2.05) is 18.2 Å². The summed E-state index contributed by atoms with van der Waals surface area (Å²) in [5.41, 5.74) is 6.96. The van der Waals surface area contributed by atoms with E-state index >= 15 is 0 Å². The highest BCUT2D eigenvalue weighted by Gasteiger charge is 2.26. The monoisotopic (exact) mass is 345 g/mol. The molecule has 122 valence electrons. The summed E-state index contributed by atoms with van der Waals surface area (Å²) in [4.78, 5) is 27.1. The van der Waals surface area contributed by atoms with Crippen molar-refractivity contribution in [3.63, 3.8) is 0 Å². The fourth-order valence-electron chi connectivity index (χ4n) is 2.48. The molecule has 1 heterocycles. The summed E-state index contributed by atoms with van der Waals surface area (Å²) in [7, 11) is 0. The molecule has 1 saturated heterocycles. The van der Waals surface area contributed by atoms with Crippen molar-refractivity contribution in [2.24, 2.45) is 5.73 Å². The Balaban J connectivity index is 0.00000242. The van der Waals surface area contributed by atoms with E-state index in [1.165, 1.54) is 0 Å². The summed E-state index contributed by atoms with van der Waals surface area (Å²) in [5, 5.41) is 0.641. The second-order valence-corrected chi connectivity index (χ2v) is 5.71. The molecular formula is C15H21Cl2N3O2. The molecule has 7 heteroatoms. The minimum atomic E-state index is -0.577. The highest BCUT2D eigenvalue weighted by Crippen LogP contribution is 2.13. The van der Waals surface area contributed by atoms with E-state index < -0.39 is 6.04 Å². The van der Waals surface area contributed by atoms with Crippen LogP contribution in [0.15, 0.2) is 24.3 Å². The van der Waals surface area contributed by atoms with E-state index in [2.05, 4.69) is 0 Å². The number of amides is 2. The smallest absolute Gasteiger partial charge is 0.239 e. The molecule has 0 unspecified atom stereocenters. The molecule has 5 nitrogen and oxygen atoms in total. The lowest BCUT2D eigenvalue weighted by Gasteiger charge is -2.35. The second-order valence-electron chi connectivity index (χ2n) is 5.27. The Morgan fingerprint density at radius 1 is 1.23 bits per heavy atom. The Morgan fingerprint density at radius 3 is 2.36 bits per heavy atom. The fourth-order valence-corrected chi connectivity index (χ4v) is 2.69. The van der Waals surface area contributed by atoms with Crippen molar-refractivity contribution in [2.45, 2.75) is 19.4 Å². The molecule has 2 rings (SSSR count). The molecule has 1 aromatic carbocycles. The van der Waals surface area contributed by atoms with Crippen molar-refractivity contribution < 1.29 is 9.59 Å². The standard InChI is InChI=1S/C15H20ClN3O2.ClH/c1-11(20)18-5-7-19(8-6-18)15(21)14(17)10-12-3-2-4-13(16)9-12;/h2-4,9,14H,5-8,10,17H2,1H3;1H/t14-;/m0./s1. The second kappa shape index (κ2) is 8.36. The van der Waals surface area contributed by atoms with Gasteiger partial charge in [-0.1, -0.05) is 23.7 Å². The number of hydrogen-bond acceptors (Lipinski definition) is 3. The molecule has 22 heavy (non-hydrogen) atoms. The summed E-state index contributed by atoms with van der Waals surface area (Å²) in [6.45, 7) is 3.78. The number of nitrogens with two attached hydrogens (primary N) is 1. The summed E-state index contributed by atoms with van der Waals surface area (Å²) < 4.78 is 0. The topological polar surface area (TPSA) is 66.6 Å². The van der Waals surface area contributed by atoms with Crippen LogP contribution in [-0.4, -0.2) is 53.8 Å². The minimum absolute atomic E-state index is 0. The molecule has 2 amide bonds. The number of halogens is 2. The Hall–Kier alpha value is -1.30. The van der Waals surface area contributed by atoms with Crippen molar-refractivity contribution in [1.29, 1.82) is 0 Å². The van der Waals surface area contributed by atoms with Gasteiger partial charge >= 0.3 is 0 Å². The van der Waals surface area contributed by atoms with Gasteiger partial charge in [0.05, 0.1) is 6.04 Å². The number of benzene rings is 1. The third kappa shape index (κ3) is 4.87. The molecule has 2 N–H and O–H groups in total. The minimum Gasteiger partial charge on any atom is -0.339 e. The van der Waals surface area contributed by atoms with Crippen molar-refractivity contribution in [1.82, 2.24) is 9.80 Å². The van der Waals surface area contributed by atoms with Gasteiger partial charge in [0.15, 0.2) is 0 Å². The largest absolute Gasteiger partial charge is 0.339 e. The lowest BCUT2D eigenvalue weighted by Crippen LogP contribution is -2.54. The molecular weight excluding hydrogens is 325 g/mol. The van der Waals surface area contributed by atoms with Gasteiger partial charge in [-0.05, 0) is 24.1 Å². The van der Waals surface area contributed by atoms with Crippen LogP contribution in [0.4, 0.5) is 0 Å². The van der Waals surface area contributed by atoms with Crippen LogP contribution < -0.4 is 5.73 Å². The molecule has 1 aromatic rings. The zero-order valence-electron chi connectivity index (χ0n) is 12.5. The molecule has 0 aliphatic carbocycles. The number of nitrogens with zero attached hydrogens (tertiary/aromatic N) is 2. The van der Waals surface area contributed by atoms with Gasteiger partial charge in [0.2, 0.25) is 11.8 Å². The van der Waals surface area contributed by atoms with E-state index in [0.29, 0.717) is 37.6 Å². The Morgan fingerprint density at radius 2 is 1.82 bits per heavy atom. The van der Waals surface area contributed by atoms with Gasteiger partial charge in [-0.15, -0.1) is 12.4 Å². The lowest BCUT2D eigenvalue weighted by atomic mass is 10.1. The van der Waals surface area contributed by atoms with Crippen LogP contribution in [0, 0.1) is 0 Å². The Labute approximate surface area is 141 Å². The summed E-state index contributed by atoms with van der Waals surface area (Å²) in [6, 6.07) is 6.79. The molecule has 0 bridgehead atoms. The zero-order valence-corrected chi connectivity index (χ0v) is 14.1. The molecule has 0 saturated carbocycles. The van der Waals surface area contributed by atoms with Crippen molar-refractivity contribution >= 4 is 35.8 Å². The molecule has 1 aliphatic heterocycles. The Kier molecular flexibility index (Phi) is 7.13. The average Bonchev–Trinajstić information content (AvgIpc) is 2.46. The van der Waals surface area contributed by atoms with Crippen LogP contribution in [0.3, 0.4) is 0 Å². The Bertz CT molecular complexity index is 531. The van der Waals surface area contributed by atoms with Crippen molar-refractivity contribution in [3.8, 4) is 0 Å². The first-order chi connectivity index (χ1) is 9.97. The number of hydrogen-bond donors (Lipinski definition) is 1. The summed E-state index contributed by atoms with van der Waals surface area (Å²) in [5.74, 6) is -0.0245. The van der Waals surface area contributed by atoms with Crippen LogP contribution in [0.1, 0.15) is 12.5 Å². The highest BCUT2D eigenvalue weighted by atomic mass is 35.5. The summed E-state index contributed by atoms with van der Waals surface area (Å²) >= 11 is 5.93. The predicted molar refractivity (Wildman–Crippen MR) is 89.2 cm³/mol. The maximum atomic E-state index is 12.3. The van der Waals surface area contributed by atoms with Gasteiger partial charge in [-0.25, -0.2) is 0 Å². The normalized spacial score (nSPS) is 16.0. The predicted octanol–water partition coefficient (Wildman–Crippen LogP) is 1.32. The van der Waals surface area contributed by atoms with E-state index in [-0.39, 0.29) is 24.2 Å². The maximum absolute atomic E-state index is 12.3. The van der Waals surface area contributed by atoms with Gasteiger partial charge in [-0.3, -0.25) is 9.59 Å². The third-order valence-corrected chi connectivity index (χ3v) is 3.93. The van der Waals surface area contributed by atoms with Crippen LogP contribution in [0.2, 0.25) is 5.02 Å². The van der Waals surface area contributed by atoms with Gasteiger partial charge in [0, 0.05) is 38.1 Å². The van der Waals surface area contributed by atoms with Gasteiger partial charge in [0.25, 0.3) is 0 Å². The van der Waals surface area contributed by atoms with Crippen LogP contribution >= 0.6 is 24.0 Å². The van der Waals surface area contributed by atoms with Crippen LogP contribution in [0.5, 0.6) is 0 Å². The number of piperazine rings is 1. The van der Waals surface area contributed by atoms with Gasteiger partial charge in [0.1, 0.15) is 0 Å². The highest BCUT2D eigenvalue weighted by molar-refractivity contribution is 6.30. The molecule has 0 aromatic heterocycles. The SMILES string of the molecule is CC(=O)N1CCN(C(=O)[C@@H](N)Cc2cccc(Cl)c2)CC1.Cl. The van der Waals surface area contributed by atoms with E-state index in [9.17, 15) is 9.59 Å². The van der Waals surface area contributed by atoms with E-state index in [1.54, 1.807) is 22.8 Å². The fraction of sp³-hybridized carbons (Fsp3) is 0.467. The van der Waals surface area contributed by atoms with Gasteiger partial charge < -0.3 is 15.5 Å². The third-order valence-electron chi connectivity index (χ3n) is 3.70. The first kappa shape index (κ1) is 18.7. The number of rotatable bonds is 3. The van der Waals surface area contributed by atoms with E-state index in [0.717, 1.165) is 5.56 Å². The molecule has 1 atom stereocenters. The average molecular weight is 346 g/mol. The van der Waals surface area contributed by atoms with Crippen molar-refractivity contribution in [3.05, 3.63) is 34.9 Å². The maximum Gasteiger partial charge on any atom is 0.239 e. The molecule has 0 radical (unpaired) electrons. The summed E-state index contributed by atoms with van der Waals surface area (Å²) in [6.07, 6.45) is 0.465. The molecule has 1 fully saturated rings. The van der Waals surface area contributed by atoms with Crippen LogP contribution in [-0.2, 0) is 16.0 Å². The first-order valence-electron chi connectivity index (χ1n) is 7.01. The van der Waals surface area contributed by atoms with E-state index in [4.69, 9.17) is 17.3 Å². The van der Waals surface area contributed by atoms with Crippen molar-refractivity contribution in [2.75, 3.05) is 26.2 Å². The lowest BCUT2D eigenvalue weighted by molar-refractivity contribution is -0.139.